The number of unbranched alkanes of at least 4 members (excludes halogenated alkanes) is 1. The summed E-state index contributed by atoms with van der Waals surface area (Å²) in [5.41, 5.74) is 1.49. The van der Waals surface area contributed by atoms with E-state index in [4.69, 9.17) is 0 Å². The van der Waals surface area contributed by atoms with Gasteiger partial charge in [0.2, 0.25) is 0 Å². The van der Waals surface area contributed by atoms with Crippen LogP contribution in [0.5, 0.6) is 0 Å². The molecule has 0 amide bonds. The number of nitrogens with zero attached hydrogens (tertiary/aromatic N) is 5. The number of hydrogen-bond acceptors (Lipinski definition) is 4. The molecule has 2 N–H and O–H groups in total. The zero-order chi connectivity index (χ0) is 21.7. The lowest BCUT2D eigenvalue weighted by atomic mass is 9.90. The molecule has 1 aliphatic heterocycles. The van der Waals surface area contributed by atoms with E-state index in [9.17, 15) is 0 Å². The number of aryl methyl sites for hydroxylation is 1. The van der Waals surface area contributed by atoms with E-state index < -0.39 is 0 Å². The molecule has 2 heterocycles. The van der Waals surface area contributed by atoms with Crippen molar-refractivity contribution in [3.8, 4) is 0 Å². The number of hydrogen-bond donors (Lipinski definition) is 2. The Kier molecular flexibility index (Phi) is 9.83. The molecule has 1 aromatic heterocycles. The lowest BCUT2D eigenvalue weighted by Gasteiger charge is -2.32. The number of benzene rings is 1. The van der Waals surface area contributed by atoms with Crippen LogP contribution in [-0.2, 0) is 19.4 Å². The number of aliphatic imine (C=N–C) groups is 1. The standard InChI is InChI=1S/C24H39N7/c1-3-23-29-28-20-31(23)18-14-27-24(25-2)26-13-7-8-15-30-16-11-22(12-17-30)19-21-9-5-4-6-10-21/h4-6,9-10,20,22H,3,7-8,11-19H2,1-2H3,(H2,25,26,27). The van der Waals surface area contributed by atoms with E-state index in [0.717, 1.165) is 50.2 Å². The van der Waals surface area contributed by atoms with Crippen LogP contribution in [0.3, 0.4) is 0 Å². The predicted octanol–water partition coefficient (Wildman–Crippen LogP) is 2.74. The normalized spacial score (nSPS) is 15.9. The molecule has 170 valence electrons. The van der Waals surface area contributed by atoms with E-state index in [-0.39, 0.29) is 0 Å². The molecule has 0 spiro atoms. The second kappa shape index (κ2) is 13.1. The van der Waals surface area contributed by atoms with E-state index in [1.807, 2.05) is 7.05 Å². The van der Waals surface area contributed by atoms with E-state index in [0.29, 0.717) is 0 Å². The van der Waals surface area contributed by atoms with E-state index in [1.54, 1.807) is 6.33 Å². The first kappa shape index (κ1) is 23.3. The van der Waals surface area contributed by atoms with Gasteiger partial charge in [-0.1, -0.05) is 37.3 Å². The number of guanidine groups is 1. The van der Waals surface area contributed by atoms with E-state index in [1.165, 1.54) is 50.9 Å². The highest BCUT2D eigenvalue weighted by molar-refractivity contribution is 5.79. The molecule has 7 nitrogen and oxygen atoms in total. The number of nitrogens with one attached hydrogen (secondary N) is 2. The third kappa shape index (κ3) is 7.98. The Morgan fingerprint density at radius 1 is 1.06 bits per heavy atom. The van der Waals surface area contributed by atoms with Gasteiger partial charge in [-0.3, -0.25) is 4.99 Å². The number of likely N-dealkylation sites (tertiary alicyclic amines) is 1. The first-order valence-electron chi connectivity index (χ1n) is 11.9. The maximum atomic E-state index is 4.32. The maximum absolute atomic E-state index is 4.32. The van der Waals surface area contributed by atoms with Gasteiger partial charge in [0.1, 0.15) is 12.2 Å². The first-order chi connectivity index (χ1) is 15.3. The smallest absolute Gasteiger partial charge is 0.191 e. The molecule has 0 atom stereocenters. The van der Waals surface area contributed by atoms with Crippen molar-refractivity contribution >= 4 is 5.96 Å². The summed E-state index contributed by atoms with van der Waals surface area (Å²) in [6.07, 6.45) is 8.98. The molecule has 7 heteroatoms. The monoisotopic (exact) mass is 425 g/mol. The summed E-state index contributed by atoms with van der Waals surface area (Å²) < 4.78 is 2.09. The largest absolute Gasteiger partial charge is 0.356 e. The zero-order valence-corrected chi connectivity index (χ0v) is 19.3. The quantitative estimate of drug-likeness (QED) is 0.329. The third-order valence-electron chi connectivity index (χ3n) is 6.15. The lowest BCUT2D eigenvalue weighted by Crippen LogP contribution is -2.39. The van der Waals surface area contributed by atoms with E-state index in [2.05, 4.69) is 72.5 Å². The van der Waals surface area contributed by atoms with Crippen molar-refractivity contribution in [2.75, 3.05) is 39.8 Å². The summed E-state index contributed by atoms with van der Waals surface area (Å²) in [5, 5.41) is 14.9. The summed E-state index contributed by atoms with van der Waals surface area (Å²) in [5.74, 6) is 2.74. The molecule has 0 aliphatic carbocycles. The van der Waals surface area contributed by atoms with Crippen molar-refractivity contribution < 1.29 is 0 Å². The summed E-state index contributed by atoms with van der Waals surface area (Å²) in [6, 6.07) is 10.9. The molecular formula is C24H39N7. The van der Waals surface area contributed by atoms with E-state index >= 15 is 0 Å². The summed E-state index contributed by atoms with van der Waals surface area (Å²) in [6.45, 7) is 8.41. The minimum Gasteiger partial charge on any atom is -0.356 e. The Labute approximate surface area is 187 Å². The minimum absolute atomic E-state index is 0.808. The molecule has 3 rings (SSSR count). The topological polar surface area (TPSA) is 70.4 Å². The van der Waals surface area contributed by atoms with Gasteiger partial charge in [0.05, 0.1) is 0 Å². The molecule has 1 aliphatic rings. The maximum Gasteiger partial charge on any atom is 0.191 e. The molecular weight excluding hydrogens is 386 g/mol. The van der Waals surface area contributed by atoms with Crippen molar-refractivity contribution in [2.45, 2.75) is 52.0 Å². The molecule has 1 fully saturated rings. The van der Waals surface area contributed by atoms with Crippen LogP contribution in [0.2, 0.25) is 0 Å². The average Bonchev–Trinajstić information content (AvgIpc) is 3.27. The summed E-state index contributed by atoms with van der Waals surface area (Å²) in [7, 11) is 1.82. The van der Waals surface area contributed by atoms with Crippen molar-refractivity contribution in [3.63, 3.8) is 0 Å². The predicted molar refractivity (Wildman–Crippen MR) is 127 cm³/mol. The highest BCUT2D eigenvalue weighted by atomic mass is 15.3. The zero-order valence-electron chi connectivity index (χ0n) is 19.3. The van der Waals surface area contributed by atoms with Gasteiger partial charge >= 0.3 is 0 Å². The summed E-state index contributed by atoms with van der Waals surface area (Å²) >= 11 is 0. The van der Waals surface area contributed by atoms with Crippen LogP contribution in [0.4, 0.5) is 0 Å². The van der Waals surface area contributed by atoms with Crippen molar-refractivity contribution in [1.29, 1.82) is 0 Å². The molecule has 0 saturated carbocycles. The molecule has 1 saturated heterocycles. The average molecular weight is 426 g/mol. The van der Waals surface area contributed by atoms with Crippen molar-refractivity contribution in [3.05, 3.63) is 48.0 Å². The van der Waals surface area contributed by atoms with Crippen LogP contribution >= 0.6 is 0 Å². The fourth-order valence-corrected chi connectivity index (χ4v) is 4.28. The second-order valence-electron chi connectivity index (χ2n) is 8.40. The Balaban J connectivity index is 1.22. The molecule has 2 aromatic rings. The van der Waals surface area contributed by atoms with Gasteiger partial charge in [0, 0.05) is 33.1 Å². The molecule has 1 aromatic carbocycles. The fraction of sp³-hybridized carbons (Fsp3) is 0.625. The van der Waals surface area contributed by atoms with Gasteiger partial charge in [-0.15, -0.1) is 10.2 Å². The molecule has 0 unspecified atom stereocenters. The van der Waals surface area contributed by atoms with Gasteiger partial charge < -0.3 is 20.1 Å². The van der Waals surface area contributed by atoms with Crippen molar-refractivity contribution in [2.24, 2.45) is 10.9 Å². The van der Waals surface area contributed by atoms with Gasteiger partial charge in [0.25, 0.3) is 0 Å². The minimum atomic E-state index is 0.808. The van der Waals surface area contributed by atoms with Crippen LogP contribution in [0.1, 0.15) is 44.0 Å². The van der Waals surface area contributed by atoms with Crippen LogP contribution in [0.25, 0.3) is 0 Å². The Bertz CT molecular complexity index is 763. The fourth-order valence-electron chi connectivity index (χ4n) is 4.28. The van der Waals surface area contributed by atoms with Crippen LogP contribution in [-0.4, -0.2) is 65.4 Å². The number of rotatable bonds is 11. The van der Waals surface area contributed by atoms with Gasteiger partial charge in [-0.2, -0.15) is 0 Å². The highest BCUT2D eigenvalue weighted by Crippen LogP contribution is 2.21. The second-order valence-corrected chi connectivity index (χ2v) is 8.40. The Hall–Kier alpha value is -2.41. The van der Waals surface area contributed by atoms with Crippen molar-refractivity contribution in [1.82, 2.24) is 30.3 Å². The molecule has 31 heavy (non-hydrogen) atoms. The Morgan fingerprint density at radius 2 is 1.84 bits per heavy atom. The molecule has 0 radical (unpaired) electrons. The van der Waals surface area contributed by atoms with Crippen LogP contribution in [0, 0.1) is 5.92 Å². The highest BCUT2D eigenvalue weighted by Gasteiger charge is 2.18. The van der Waals surface area contributed by atoms with Crippen LogP contribution in [0.15, 0.2) is 41.7 Å². The summed E-state index contributed by atoms with van der Waals surface area (Å²) in [4.78, 5) is 6.96. The number of aromatic nitrogens is 3. The van der Waals surface area contributed by atoms with Gasteiger partial charge in [-0.05, 0) is 63.2 Å². The SMILES string of the molecule is CCc1nncn1CCNC(=NC)NCCCCN1CCC(Cc2ccccc2)CC1. The lowest BCUT2D eigenvalue weighted by molar-refractivity contribution is 0.181. The third-order valence-corrected chi connectivity index (χ3v) is 6.15. The van der Waals surface area contributed by atoms with Gasteiger partial charge in [-0.25, -0.2) is 0 Å². The van der Waals surface area contributed by atoms with Gasteiger partial charge in [0.15, 0.2) is 5.96 Å². The first-order valence-corrected chi connectivity index (χ1v) is 11.9. The molecule has 0 bridgehead atoms. The van der Waals surface area contributed by atoms with Crippen LogP contribution < -0.4 is 10.6 Å². The number of piperidine rings is 1. The Morgan fingerprint density at radius 3 is 2.58 bits per heavy atom.